The Labute approximate surface area is 144 Å². The van der Waals surface area contributed by atoms with E-state index in [0.29, 0.717) is 31.4 Å². The summed E-state index contributed by atoms with van der Waals surface area (Å²) in [6.45, 7) is 3.93. The lowest BCUT2D eigenvalue weighted by Crippen LogP contribution is -2.38. The van der Waals surface area contributed by atoms with Crippen LogP contribution in [0.25, 0.3) is 0 Å². The molecule has 0 amide bonds. The first-order chi connectivity index (χ1) is 11.6. The third-order valence-electron chi connectivity index (χ3n) is 4.84. The number of likely N-dealkylation sites (N-methyl/N-ethyl adjacent to an activating group) is 1. The summed E-state index contributed by atoms with van der Waals surface area (Å²) in [5, 5.41) is 8.27. The average molecular weight is 351 g/mol. The number of hydrogen-bond acceptors (Lipinski definition) is 7. The van der Waals surface area contributed by atoms with Gasteiger partial charge in [0.05, 0.1) is 11.2 Å². The zero-order chi connectivity index (χ0) is 16.7. The Balaban J connectivity index is 1.41. The van der Waals surface area contributed by atoms with E-state index in [2.05, 4.69) is 20.1 Å². The summed E-state index contributed by atoms with van der Waals surface area (Å²) in [5.74, 6) is 1.19. The van der Waals surface area contributed by atoms with E-state index in [1.807, 2.05) is 24.4 Å². The van der Waals surface area contributed by atoms with Crippen LogP contribution in [0.2, 0.25) is 0 Å². The van der Waals surface area contributed by atoms with Gasteiger partial charge in [0.15, 0.2) is 0 Å². The molecule has 1 aliphatic heterocycles. The first kappa shape index (κ1) is 16.0. The highest BCUT2D eigenvalue weighted by Gasteiger charge is 2.34. The minimum absolute atomic E-state index is 0.141. The van der Waals surface area contributed by atoms with Gasteiger partial charge < -0.3 is 9.32 Å². The second-order valence-corrected chi connectivity index (χ2v) is 7.79. The topological polar surface area (TPSA) is 58.3 Å². The van der Waals surface area contributed by atoms with Crippen LogP contribution in [0.1, 0.15) is 41.6 Å². The van der Waals surface area contributed by atoms with Crippen molar-refractivity contribution >= 4 is 17.4 Å². The van der Waals surface area contributed by atoms with Crippen LogP contribution in [-0.2, 0) is 6.54 Å². The lowest BCUT2D eigenvalue weighted by Gasteiger charge is -2.27. The highest BCUT2D eigenvalue weighted by Crippen LogP contribution is 2.39. The average Bonchev–Trinajstić information content (AvgIpc) is 2.97. The zero-order valence-corrected chi connectivity index (χ0v) is 14.8. The lowest BCUT2D eigenvalue weighted by atomic mass is 10.2. The lowest BCUT2D eigenvalue weighted by molar-refractivity contribution is 0.237. The summed E-state index contributed by atoms with van der Waals surface area (Å²) >= 11 is 1.64. The van der Waals surface area contributed by atoms with Crippen molar-refractivity contribution in [2.75, 3.05) is 25.0 Å². The van der Waals surface area contributed by atoms with Gasteiger partial charge in [0.1, 0.15) is 6.17 Å². The molecule has 2 aromatic rings. The predicted molar refractivity (Wildman–Crippen MR) is 90.1 cm³/mol. The molecule has 4 rings (SSSR count). The SMILES string of the molecule is Cc1ncsc1CN1C[C@@H](F)C[C@H]1CN(C)c1nnc(C2CC2)o1. The molecule has 24 heavy (non-hydrogen) atoms. The molecule has 130 valence electrons. The molecule has 2 atom stereocenters. The van der Waals surface area contributed by atoms with Crippen LogP contribution in [0.4, 0.5) is 10.4 Å². The molecule has 0 spiro atoms. The van der Waals surface area contributed by atoms with Gasteiger partial charge in [0, 0.05) is 43.5 Å². The summed E-state index contributed by atoms with van der Waals surface area (Å²) in [6, 6.07) is 0.677. The maximum atomic E-state index is 14.0. The van der Waals surface area contributed by atoms with Crippen molar-refractivity contribution in [3.63, 3.8) is 0 Å². The number of hydrogen-bond donors (Lipinski definition) is 0. The van der Waals surface area contributed by atoms with E-state index in [9.17, 15) is 4.39 Å². The number of alkyl halides is 1. The van der Waals surface area contributed by atoms with Gasteiger partial charge >= 0.3 is 6.01 Å². The first-order valence-corrected chi connectivity index (χ1v) is 9.29. The molecule has 0 unspecified atom stereocenters. The number of nitrogens with zero attached hydrogens (tertiary/aromatic N) is 5. The van der Waals surface area contributed by atoms with Crippen LogP contribution in [-0.4, -0.2) is 52.4 Å². The summed E-state index contributed by atoms with van der Waals surface area (Å²) in [4.78, 5) is 9.66. The predicted octanol–water partition coefficient (Wildman–Crippen LogP) is 2.76. The third-order valence-corrected chi connectivity index (χ3v) is 5.76. The standard InChI is InChI=1S/C16H22FN5OS/c1-10-14(24-9-18-10)8-22-6-12(17)5-13(22)7-21(2)16-20-19-15(23-16)11-3-4-11/h9,11-13H,3-8H2,1-2H3/t12-,13-/m0/s1. The van der Waals surface area contributed by atoms with Crippen LogP contribution in [0.5, 0.6) is 0 Å². The molecular weight excluding hydrogens is 329 g/mol. The van der Waals surface area contributed by atoms with E-state index in [4.69, 9.17) is 4.42 Å². The van der Waals surface area contributed by atoms with Gasteiger partial charge in [-0.05, 0) is 26.2 Å². The Morgan fingerprint density at radius 3 is 2.96 bits per heavy atom. The van der Waals surface area contributed by atoms with Crippen molar-refractivity contribution in [3.8, 4) is 0 Å². The van der Waals surface area contributed by atoms with E-state index in [0.717, 1.165) is 31.0 Å². The van der Waals surface area contributed by atoms with Crippen molar-refractivity contribution in [2.45, 2.75) is 50.9 Å². The van der Waals surface area contributed by atoms with Crippen LogP contribution in [0, 0.1) is 6.92 Å². The van der Waals surface area contributed by atoms with Crippen LogP contribution in [0.3, 0.4) is 0 Å². The van der Waals surface area contributed by atoms with Gasteiger partial charge in [0.25, 0.3) is 0 Å². The van der Waals surface area contributed by atoms with Gasteiger partial charge in [0.2, 0.25) is 5.89 Å². The second-order valence-electron chi connectivity index (χ2n) is 6.85. The van der Waals surface area contributed by atoms with Gasteiger partial charge in [-0.15, -0.1) is 16.4 Å². The Kier molecular flexibility index (Phi) is 4.26. The number of likely N-dealkylation sites (tertiary alicyclic amines) is 1. The van der Waals surface area contributed by atoms with Crippen molar-refractivity contribution in [1.29, 1.82) is 0 Å². The van der Waals surface area contributed by atoms with E-state index >= 15 is 0 Å². The van der Waals surface area contributed by atoms with Crippen molar-refractivity contribution in [2.24, 2.45) is 0 Å². The molecule has 0 radical (unpaired) electrons. The largest absolute Gasteiger partial charge is 0.408 e. The molecule has 1 saturated heterocycles. The van der Waals surface area contributed by atoms with Crippen molar-refractivity contribution in [1.82, 2.24) is 20.1 Å². The molecule has 2 fully saturated rings. The fourth-order valence-electron chi connectivity index (χ4n) is 3.24. The van der Waals surface area contributed by atoms with Gasteiger partial charge in [-0.2, -0.15) is 0 Å². The summed E-state index contributed by atoms with van der Waals surface area (Å²) < 4.78 is 19.8. The third kappa shape index (κ3) is 3.30. The highest BCUT2D eigenvalue weighted by molar-refractivity contribution is 7.09. The van der Waals surface area contributed by atoms with E-state index in [1.54, 1.807) is 11.3 Å². The normalized spacial score (nSPS) is 24.6. The molecule has 8 heteroatoms. The van der Waals surface area contributed by atoms with E-state index < -0.39 is 6.17 Å². The molecule has 2 aliphatic rings. The number of anilines is 1. The minimum Gasteiger partial charge on any atom is -0.408 e. The van der Waals surface area contributed by atoms with E-state index in [1.165, 1.54) is 4.88 Å². The summed E-state index contributed by atoms with van der Waals surface area (Å²) in [5.41, 5.74) is 2.90. The maximum absolute atomic E-state index is 14.0. The first-order valence-electron chi connectivity index (χ1n) is 8.41. The van der Waals surface area contributed by atoms with Gasteiger partial charge in [-0.25, -0.2) is 9.37 Å². The summed E-state index contributed by atoms with van der Waals surface area (Å²) in [7, 11) is 1.94. The van der Waals surface area contributed by atoms with Crippen molar-refractivity contribution < 1.29 is 8.81 Å². The van der Waals surface area contributed by atoms with Crippen LogP contribution in [0.15, 0.2) is 9.93 Å². The quantitative estimate of drug-likeness (QED) is 0.798. The monoisotopic (exact) mass is 351 g/mol. The smallest absolute Gasteiger partial charge is 0.317 e. The molecule has 0 aromatic carbocycles. The highest BCUT2D eigenvalue weighted by atomic mass is 32.1. The Hall–Kier alpha value is -1.54. The fraction of sp³-hybridized carbons (Fsp3) is 0.688. The summed E-state index contributed by atoms with van der Waals surface area (Å²) in [6.07, 6.45) is 2.05. The fourth-order valence-corrected chi connectivity index (χ4v) is 4.04. The molecule has 6 nitrogen and oxygen atoms in total. The molecular formula is C16H22FN5OS. The van der Waals surface area contributed by atoms with Crippen molar-refractivity contribution in [3.05, 3.63) is 22.0 Å². The zero-order valence-electron chi connectivity index (χ0n) is 14.0. The van der Waals surface area contributed by atoms with Gasteiger partial charge in [-0.1, -0.05) is 5.10 Å². The van der Waals surface area contributed by atoms with Crippen LogP contribution < -0.4 is 4.90 Å². The molecule has 1 aliphatic carbocycles. The number of halogens is 1. The van der Waals surface area contributed by atoms with E-state index in [-0.39, 0.29) is 6.04 Å². The number of aromatic nitrogens is 3. The minimum atomic E-state index is -0.777. The molecule has 1 saturated carbocycles. The molecule has 0 bridgehead atoms. The van der Waals surface area contributed by atoms with Crippen LogP contribution >= 0.6 is 11.3 Å². The number of aryl methyl sites for hydroxylation is 1. The maximum Gasteiger partial charge on any atom is 0.317 e. The number of thiazole rings is 1. The number of rotatable bonds is 6. The molecule has 0 N–H and O–H groups in total. The Morgan fingerprint density at radius 1 is 1.42 bits per heavy atom. The van der Waals surface area contributed by atoms with Gasteiger partial charge in [-0.3, -0.25) is 4.90 Å². The molecule has 3 heterocycles. The Morgan fingerprint density at radius 2 is 2.25 bits per heavy atom. The molecule has 2 aromatic heterocycles. The Bertz CT molecular complexity index is 700. The second kappa shape index (κ2) is 6.40.